The Labute approximate surface area is 221 Å². The fourth-order valence-electron chi connectivity index (χ4n) is 5.87. The molecule has 0 N–H and O–H groups in total. The maximum Gasteiger partial charge on any atom is 0.203 e. The largest absolute Gasteiger partial charge is 0.480 e. The first-order chi connectivity index (χ1) is 17.7. The van der Waals surface area contributed by atoms with Crippen LogP contribution >= 0.6 is 0 Å². The van der Waals surface area contributed by atoms with Crippen molar-refractivity contribution in [3.05, 3.63) is 58.6 Å². The van der Waals surface area contributed by atoms with Gasteiger partial charge in [-0.3, -0.25) is 14.7 Å². The first-order valence-corrected chi connectivity index (χ1v) is 13.8. The molecule has 4 aliphatic heterocycles. The number of allylic oxidation sites excluding steroid dienone is 3. The predicted octanol–water partition coefficient (Wildman–Crippen LogP) is 6.05. The van der Waals surface area contributed by atoms with Crippen LogP contribution in [0, 0.1) is 5.92 Å². The number of benzene rings is 1. The van der Waals surface area contributed by atoms with E-state index in [1.54, 1.807) is 0 Å². The fourth-order valence-corrected chi connectivity index (χ4v) is 5.87. The Bertz CT molecular complexity index is 1230. The number of aliphatic imine (C=N–C) groups is 2. The maximum absolute atomic E-state index is 13.5. The number of ketones is 1. The number of fused-ring (bicyclic) bond motifs is 2. The van der Waals surface area contributed by atoms with E-state index in [2.05, 4.69) is 74.9 Å². The summed E-state index contributed by atoms with van der Waals surface area (Å²) in [6, 6.07) is 7.19. The van der Waals surface area contributed by atoms with Gasteiger partial charge in [-0.25, -0.2) is 4.99 Å². The Morgan fingerprint density at radius 3 is 2.57 bits per heavy atom. The van der Waals surface area contributed by atoms with Gasteiger partial charge in [-0.05, 0) is 84.2 Å². The van der Waals surface area contributed by atoms with Crippen molar-refractivity contribution in [2.75, 3.05) is 25.0 Å². The quantitative estimate of drug-likeness (QED) is 0.507. The highest BCUT2D eigenvalue weighted by Crippen LogP contribution is 2.34. The lowest BCUT2D eigenvalue weighted by atomic mass is 9.91. The highest BCUT2D eigenvalue weighted by molar-refractivity contribution is 6.43. The zero-order chi connectivity index (χ0) is 26.3. The van der Waals surface area contributed by atoms with Crippen molar-refractivity contribution in [2.24, 2.45) is 15.9 Å². The third-order valence-electron chi connectivity index (χ3n) is 8.36. The molecule has 0 aromatic heterocycles. The van der Waals surface area contributed by atoms with Crippen LogP contribution < -0.4 is 4.90 Å². The number of nitrogens with zero attached hydrogens (tertiary/aromatic N) is 4. The number of piperazine rings is 1. The van der Waals surface area contributed by atoms with Gasteiger partial charge in [-0.1, -0.05) is 25.1 Å². The summed E-state index contributed by atoms with van der Waals surface area (Å²) in [5.41, 5.74) is 6.73. The van der Waals surface area contributed by atoms with Crippen LogP contribution in [0.3, 0.4) is 0 Å². The van der Waals surface area contributed by atoms with Crippen LogP contribution in [0.25, 0.3) is 6.08 Å². The fraction of sp³-hybridized carbons (Fsp3) is 0.516. The van der Waals surface area contributed by atoms with Gasteiger partial charge in [0.15, 0.2) is 6.10 Å². The molecule has 4 atom stereocenters. The summed E-state index contributed by atoms with van der Waals surface area (Å²) in [6.07, 6.45) is 9.59. The first-order valence-electron chi connectivity index (χ1n) is 13.8. The van der Waals surface area contributed by atoms with Gasteiger partial charge in [0.2, 0.25) is 5.78 Å². The van der Waals surface area contributed by atoms with Crippen LogP contribution in [0.4, 0.5) is 5.69 Å². The smallest absolute Gasteiger partial charge is 0.203 e. The lowest BCUT2D eigenvalue weighted by Gasteiger charge is -2.43. The number of anilines is 1. The highest BCUT2D eigenvalue weighted by Gasteiger charge is 2.31. The molecule has 1 aromatic rings. The molecule has 0 radical (unpaired) electrons. The molecule has 0 aliphatic carbocycles. The molecule has 4 aliphatic rings. The molecule has 0 saturated carbocycles. The van der Waals surface area contributed by atoms with Crippen molar-refractivity contribution >= 4 is 29.0 Å². The minimum atomic E-state index is -0.578. The van der Waals surface area contributed by atoms with E-state index in [1.165, 1.54) is 0 Å². The van der Waals surface area contributed by atoms with E-state index in [-0.39, 0.29) is 5.78 Å². The molecule has 4 unspecified atom stereocenters. The molecule has 1 saturated heterocycles. The van der Waals surface area contributed by atoms with E-state index in [1.807, 2.05) is 13.0 Å². The van der Waals surface area contributed by atoms with E-state index in [4.69, 9.17) is 14.7 Å². The van der Waals surface area contributed by atoms with Crippen LogP contribution in [0.5, 0.6) is 0 Å². The number of likely N-dealkylation sites (N-methyl/N-ethyl adjacent to an activating group) is 1. The minimum Gasteiger partial charge on any atom is -0.480 e. The van der Waals surface area contributed by atoms with Gasteiger partial charge >= 0.3 is 0 Å². The first kappa shape index (κ1) is 25.7. The van der Waals surface area contributed by atoms with E-state index in [0.29, 0.717) is 23.8 Å². The topological polar surface area (TPSA) is 57.5 Å². The number of rotatable bonds is 3. The summed E-state index contributed by atoms with van der Waals surface area (Å²) < 4.78 is 6.30. The van der Waals surface area contributed by atoms with Gasteiger partial charge in [0, 0.05) is 48.0 Å². The summed E-state index contributed by atoms with van der Waals surface area (Å²) in [6.45, 7) is 12.5. The van der Waals surface area contributed by atoms with Crippen molar-refractivity contribution < 1.29 is 9.53 Å². The number of hydrogen-bond donors (Lipinski definition) is 0. The monoisotopic (exact) mass is 500 g/mol. The summed E-state index contributed by atoms with van der Waals surface area (Å²) in [5.74, 6) is 1.05. The second-order valence-electron chi connectivity index (χ2n) is 11.0. The van der Waals surface area contributed by atoms with Gasteiger partial charge in [0.1, 0.15) is 11.5 Å². The predicted molar refractivity (Wildman–Crippen MR) is 153 cm³/mol. The molecule has 1 fully saturated rings. The average molecular weight is 501 g/mol. The zero-order valence-electron chi connectivity index (χ0n) is 23.1. The van der Waals surface area contributed by atoms with Crippen LogP contribution in [0.15, 0.2) is 57.5 Å². The molecule has 196 valence electrons. The van der Waals surface area contributed by atoms with Gasteiger partial charge in [0.25, 0.3) is 0 Å². The van der Waals surface area contributed by atoms with Crippen LogP contribution in [-0.4, -0.2) is 60.4 Å². The van der Waals surface area contributed by atoms with Crippen molar-refractivity contribution in [1.82, 2.24) is 4.90 Å². The molecule has 6 heteroatoms. The van der Waals surface area contributed by atoms with Crippen LogP contribution in [0.2, 0.25) is 0 Å². The molecule has 0 spiro atoms. The third-order valence-corrected chi connectivity index (χ3v) is 8.36. The number of Topliss-reactive ketones (excluding diaryl/α,β-unsaturated/α-hetero) is 1. The van der Waals surface area contributed by atoms with Crippen LogP contribution in [0.1, 0.15) is 76.2 Å². The normalized spacial score (nSPS) is 28.8. The summed E-state index contributed by atoms with van der Waals surface area (Å²) in [4.78, 5) is 28.3. The Hall–Kier alpha value is -2.99. The van der Waals surface area contributed by atoms with Crippen LogP contribution in [-0.2, 0) is 4.74 Å². The SMILES string of the molecule is CCC1=NC(C)=CCC2CCC=C(C3=Cc4ccc(N5CC(C)N(C)C(C)C5)cc4C(=O)C(C)O3)N=C12. The molecule has 1 aromatic carbocycles. The molecule has 0 bridgehead atoms. The van der Waals surface area contributed by atoms with Gasteiger partial charge in [0.05, 0.1) is 11.4 Å². The number of ether oxygens (including phenoxy) is 1. The van der Waals surface area contributed by atoms with E-state index in [0.717, 1.165) is 78.4 Å². The van der Waals surface area contributed by atoms with E-state index in [9.17, 15) is 4.79 Å². The average Bonchev–Trinajstić information content (AvgIpc) is 3.23. The number of carbonyl (C=O) groups excluding carboxylic acids is 1. The number of carbonyl (C=O) groups is 1. The van der Waals surface area contributed by atoms with Crippen molar-refractivity contribution in [3.63, 3.8) is 0 Å². The van der Waals surface area contributed by atoms with E-state index < -0.39 is 6.10 Å². The van der Waals surface area contributed by atoms with Crippen molar-refractivity contribution in [1.29, 1.82) is 0 Å². The Morgan fingerprint density at radius 1 is 1.08 bits per heavy atom. The molecule has 0 amide bonds. The molecule has 5 rings (SSSR count). The zero-order valence-corrected chi connectivity index (χ0v) is 23.1. The van der Waals surface area contributed by atoms with Gasteiger partial charge in [-0.15, -0.1) is 0 Å². The lowest BCUT2D eigenvalue weighted by Crippen LogP contribution is -2.55. The summed E-state index contributed by atoms with van der Waals surface area (Å²) in [5, 5.41) is 0. The standard InChI is InChI=1S/C31H40N4O2/c1-7-27-30-23(12-11-19(2)32-27)9-8-10-28(33-30)29-15-24-13-14-25(16-26(24)31(36)22(5)37-29)35-17-20(3)34(6)21(4)18-35/h10-11,13-16,20-23H,7-9,12,17-18H2,1-6H3. The van der Waals surface area contributed by atoms with E-state index >= 15 is 0 Å². The molecule has 6 nitrogen and oxygen atoms in total. The Balaban J connectivity index is 1.51. The number of hydrogen-bond acceptors (Lipinski definition) is 6. The highest BCUT2D eigenvalue weighted by atomic mass is 16.5. The minimum absolute atomic E-state index is 0.0168. The summed E-state index contributed by atoms with van der Waals surface area (Å²) >= 11 is 0. The molecule has 37 heavy (non-hydrogen) atoms. The molecule has 4 heterocycles. The Morgan fingerprint density at radius 2 is 1.84 bits per heavy atom. The third kappa shape index (κ3) is 5.08. The molecular formula is C31H40N4O2. The van der Waals surface area contributed by atoms with Gasteiger partial charge in [-0.2, -0.15) is 0 Å². The van der Waals surface area contributed by atoms with Crippen molar-refractivity contribution in [3.8, 4) is 0 Å². The maximum atomic E-state index is 13.5. The lowest BCUT2D eigenvalue weighted by molar-refractivity contribution is 0.0711. The van der Waals surface area contributed by atoms with Crippen molar-refractivity contribution in [2.45, 2.75) is 78.5 Å². The van der Waals surface area contributed by atoms with Gasteiger partial charge < -0.3 is 9.64 Å². The second kappa shape index (κ2) is 10.4. The Kier molecular flexibility index (Phi) is 7.21. The molecular weight excluding hydrogens is 460 g/mol. The second-order valence-corrected chi connectivity index (χ2v) is 11.0. The summed E-state index contributed by atoms with van der Waals surface area (Å²) in [7, 11) is 2.19.